The Kier molecular flexibility index (Phi) is 4.68. The third kappa shape index (κ3) is 3.92. The summed E-state index contributed by atoms with van der Waals surface area (Å²) >= 11 is 0. The average molecular weight is 263 g/mol. The van der Waals surface area contributed by atoms with Gasteiger partial charge in [-0.1, -0.05) is 5.16 Å². The Hall–Kier alpha value is -2.15. The summed E-state index contributed by atoms with van der Waals surface area (Å²) in [6.45, 7) is 3.48. The van der Waals surface area contributed by atoms with E-state index in [-0.39, 0.29) is 0 Å². The summed E-state index contributed by atoms with van der Waals surface area (Å²) in [5.74, 6) is 2.83. The van der Waals surface area contributed by atoms with E-state index < -0.39 is 0 Å². The van der Waals surface area contributed by atoms with Crippen LogP contribution in [0.3, 0.4) is 0 Å². The zero-order valence-corrected chi connectivity index (χ0v) is 11.0. The van der Waals surface area contributed by atoms with Crippen LogP contribution in [0, 0.1) is 0 Å². The molecule has 0 aliphatic carbocycles. The van der Waals surface area contributed by atoms with Crippen LogP contribution in [-0.2, 0) is 17.9 Å². The van der Waals surface area contributed by atoms with Gasteiger partial charge in [0.25, 0.3) is 0 Å². The van der Waals surface area contributed by atoms with Crippen molar-refractivity contribution >= 4 is 11.6 Å². The molecular weight excluding hydrogens is 246 g/mol. The van der Waals surface area contributed by atoms with E-state index in [1.165, 1.54) is 0 Å². The second-order valence-corrected chi connectivity index (χ2v) is 3.77. The van der Waals surface area contributed by atoms with Crippen molar-refractivity contribution in [3.63, 3.8) is 0 Å². The van der Waals surface area contributed by atoms with Gasteiger partial charge in [-0.05, 0) is 6.92 Å². The molecule has 0 aliphatic heterocycles. The monoisotopic (exact) mass is 263 g/mol. The number of hydrogen-bond donors (Lipinski definition) is 2. The summed E-state index contributed by atoms with van der Waals surface area (Å²) in [5, 5.41) is 9.80. The molecule has 0 aromatic carbocycles. The van der Waals surface area contributed by atoms with Crippen LogP contribution < -0.4 is 10.6 Å². The average Bonchev–Trinajstić information content (AvgIpc) is 2.96. The number of hydrogen-bond acceptors (Lipinski definition) is 7. The molecule has 2 aromatic rings. The predicted octanol–water partition coefficient (Wildman–Crippen LogP) is 1.65. The highest BCUT2D eigenvalue weighted by Gasteiger charge is 2.05. The Morgan fingerprint density at radius 2 is 2.16 bits per heavy atom. The fourth-order valence-corrected chi connectivity index (χ4v) is 1.48. The molecule has 0 unspecified atom stereocenters. The Labute approximate surface area is 111 Å². The van der Waals surface area contributed by atoms with Crippen LogP contribution in [0.2, 0.25) is 0 Å². The van der Waals surface area contributed by atoms with Gasteiger partial charge in [0.2, 0.25) is 0 Å². The molecular formula is C12H17N5O2. The summed E-state index contributed by atoms with van der Waals surface area (Å²) in [5.41, 5.74) is 0. The molecule has 2 heterocycles. The zero-order chi connectivity index (χ0) is 13.5. The molecule has 0 atom stereocenters. The van der Waals surface area contributed by atoms with Gasteiger partial charge in [-0.3, -0.25) is 0 Å². The lowest BCUT2D eigenvalue weighted by Gasteiger charge is -2.08. The minimum atomic E-state index is 0.392. The van der Waals surface area contributed by atoms with Crippen molar-refractivity contribution in [2.75, 3.05) is 24.3 Å². The maximum Gasteiger partial charge on any atom is 0.158 e. The highest BCUT2D eigenvalue weighted by atomic mass is 16.5. The first-order chi connectivity index (χ1) is 9.31. The Balaban J connectivity index is 2.05. The smallest absolute Gasteiger partial charge is 0.158 e. The molecule has 0 saturated carbocycles. The van der Waals surface area contributed by atoms with E-state index >= 15 is 0 Å². The lowest BCUT2D eigenvalue weighted by atomic mass is 10.4. The minimum Gasteiger partial charge on any atom is -0.374 e. The van der Waals surface area contributed by atoms with Gasteiger partial charge in [0.05, 0.1) is 12.7 Å². The topological polar surface area (TPSA) is 85.1 Å². The van der Waals surface area contributed by atoms with E-state index in [2.05, 4.69) is 25.8 Å². The quantitative estimate of drug-likeness (QED) is 0.785. The summed E-state index contributed by atoms with van der Waals surface area (Å²) in [4.78, 5) is 8.68. The van der Waals surface area contributed by atoms with E-state index in [0.29, 0.717) is 31.4 Å². The van der Waals surface area contributed by atoms with Crippen LogP contribution >= 0.6 is 0 Å². The first kappa shape index (κ1) is 13.3. The largest absolute Gasteiger partial charge is 0.374 e. The van der Waals surface area contributed by atoms with Gasteiger partial charge in [0, 0.05) is 25.8 Å². The Bertz CT molecular complexity index is 501. The van der Waals surface area contributed by atoms with Gasteiger partial charge < -0.3 is 19.9 Å². The van der Waals surface area contributed by atoms with Crippen LogP contribution in [-0.4, -0.2) is 28.8 Å². The molecule has 0 fully saturated rings. The summed E-state index contributed by atoms with van der Waals surface area (Å²) < 4.78 is 10.3. The number of ether oxygens (including phenoxy) is 1. The van der Waals surface area contributed by atoms with Gasteiger partial charge in [-0.15, -0.1) is 0 Å². The molecule has 0 saturated heterocycles. The fraction of sp³-hybridized carbons (Fsp3) is 0.417. The van der Waals surface area contributed by atoms with Gasteiger partial charge in [0.15, 0.2) is 11.6 Å². The summed E-state index contributed by atoms with van der Waals surface area (Å²) in [6.07, 6.45) is 1.61. The molecule has 2 N–H and O–H groups in total. The lowest BCUT2D eigenvalue weighted by Crippen LogP contribution is -2.07. The van der Waals surface area contributed by atoms with Crippen molar-refractivity contribution in [1.29, 1.82) is 0 Å². The Morgan fingerprint density at radius 1 is 1.32 bits per heavy atom. The summed E-state index contributed by atoms with van der Waals surface area (Å²) in [6, 6.07) is 3.63. The highest BCUT2D eigenvalue weighted by Crippen LogP contribution is 2.12. The molecule has 0 spiro atoms. The lowest BCUT2D eigenvalue weighted by molar-refractivity contribution is 0.128. The van der Waals surface area contributed by atoms with Gasteiger partial charge in [0.1, 0.15) is 18.2 Å². The van der Waals surface area contributed by atoms with E-state index in [9.17, 15) is 0 Å². The molecule has 2 rings (SSSR count). The number of rotatable bonds is 7. The van der Waals surface area contributed by atoms with Crippen LogP contribution in [0.15, 0.2) is 22.9 Å². The van der Waals surface area contributed by atoms with Crippen molar-refractivity contribution in [2.24, 2.45) is 0 Å². The normalized spacial score (nSPS) is 10.4. The molecule has 7 heteroatoms. The second-order valence-electron chi connectivity index (χ2n) is 3.77. The van der Waals surface area contributed by atoms with E-state index in [1.807, 2.05) is 20.0 Å². The number of nitrogens with zero attached hydrogens (tertiary/aromatic N) is 3. The molecule has 102 valence electrons. The highest BCUT2D eigenvalue weighted by molar-refractivity contribution is 5.47. The maximum atomic E-state index is 5.32. The minimum absolute atomic E-state index is 0.392. The van der Waals surface area contributed by atoms with E-state index in [4.69, 9.17) is 9.26 Å². The number of nitrogens with one attached hydrogen (secondary N) is 2. The van der Waals surface area contributed by atoms with E-state index in [1.54, 1.807) is 12.3 Å². The Morgan fingerprint density at radius 3 is 2.84 bits per heavy atom. The van der Waals surface area contributed by atoms with Crippen molar-refractivity contribution in [1.82, 2.24) is 15.1 Å². The van der Waals surface area contributed by atoms with Crippen molar-refractivity contribution < 1.29 is 9.26 Å². The van der Waals surface area contributed by atoms with Crippen LogP contribution in [0.25, 0.3) is 0 Å². The molecule has 0 aliphatic rings. The molecule has 0 bridgehead atoms. The van der Waals surface area contributed by atoms with Crippen LogP contribution in [0.1, 0.15) is 18.5 Å². The molecule has 0 amide bonds. The first-order valence-corrected chi connectivity index (χ1v) is 6.08. The van der Waals surface area contributed by atoms with E-state index in [0.717, 1.165) is 11.6 Å². The van der Waals surface area contributed by atoms with Crippen molar-refractivity contribution in [3.8, 4) is 0 Å². The molecule has 19 heavy (non-hydrogen) atoms. The van der Waals surface area contributed by atoms with Crippen molar-refractivity contribution in [3.05, 3.63) is 29.9 Å². The van der Waals surface area contributed by atoms with Gasteiger partial charge >= 0.3 is 0 Å². The zero-order valence-electron chi connectivity index (χ0n) is 11.0. The second kappa shape index (κ2) is 6.69. The molecule has 2 aromatic heterocycles. The van der Waals surface area contributed by atoms with Crippen LogP contribution in [0.4, 0.5) is 11.6 Å². The van der Waals surface area contributed by atoms with Gasteiger partial charge in [-0.25, -0.2) is 9.97 Å². The van der Waals surface area contributed by atoms with Crippen molar-refractivity contribution in [2.45, 2.75) is 20.1 Å². The standard InChI is InChI=1S/C12H17N5O2/c1-3-18-8-12-16-10(13-2)6-11(17-12)14-7-9-4-5-15-19-9/h4-6H,3,7-8H2,1-2H3,(H2,13,14,16,17). The number of anilines is 2. The third-order valence-electron chi connectivity index (χ3n) is 2.40. The number of aromatic nitrogens is 3. The van der Waals surface area contributed by atoms with Gasteiger partial charge in [-0.2, -0.15) is 0 Å². The fourth-order valence-electron chi connectivity index (χ4n) is 1.48. The third-order valence-corrected chi connectivity index (χ3v) is 2.40. The SMILES string of the molecule is CCOCc1nc(NC)cc(NCc2ccno2)n1. The predicted molar refractivity (Wildman–Crippen MR) is 70.7 cm³/mol. The summed E-state index contributed by atoms with van der Waals surface area (Å²) in [7, 11) is 1.81. The molecule has 7 nitrogen and oxygen atoms in total. The first-order valence-electron chi connectivity index (χ1n) is 6.08. The van der Waals surface area contributed by atoms with Crippen LogP contribution in [0.5, 0.6) is 0 Å². The maximum absolute atomic E-state index is 5.32. The molecule has 0 radical (unpaired) electrons.